The predicted molar refractivity (Wildman–Crippen MR) is 42.8 cm³/mol. The van der Waals surface area contributed by atoms with Gasteiger partial charge in [-0.3, -0.25) is 4.98 Å². The predicted octanol–water partition coefficient (Wildman–Crippen LogP) is 0.603. The van der Waals surface area contributed by atoms with Gasteiger partial charge in [-0.1, -0.05) is 0 Å². The van der Waals surface area contributed by atoms with Gasteiger partial charge < -0.3 is 10.8 Å². The Morgan fingerprint density at radius 1 is 1.67 bits per heavy atom. The first-order valence-electron chi connectivity index (χ1n) is 3.73. The van der Waals surface area contributed by atoms with Gasteiger partial charge >= 0.3 is 0 Å². The lowest BCUT2D eigenvalue weighted by Crippen LogP contribution is -2.08. The van der Waals surface area contributed by atoms with Gasteiger partial charge in [0.1, 0.15) is 5.82 Å². The van der Waals surface area contributed by atoms with Crippen LogP contribution >= 0.6 is 0 Å². The first-order valence-corrected chi connectivity index (χ1v) is 3.73. The molecule has 0 saturated heterocycles. The molecule has 0 spiro atoms. The number of halogens is 1. The van der Waals surface area contributed by atoms with E-state index in [-0.39, 0.29) is 5.56 Å². The molecule has 1 aromatic rings. The highest BCUT2D eigenvalue weighted by atomic mass is 19.1. The molecule has 0 aliphatic rings. The highest BCUT2D eigenvalue weighted by Gasteiger charge is 2.10. The van der Waals surface area contributed by atoms with Gasteiger partial charge in [-0.2, -0.15) is 0 Å². The Balaban J connectivity index is 2.79. The Bertz CT molecular complexity index is 255. The normalized spacial score (nSPS) is 12.9. The van der Waals surface area contributed by atoms with Crippen LogP contribution in [-0.4, -0.2) is 16.6 Å². The molecule has 0 aliphatic heterocycles. The number of aliphatic hydroxyl groups is 1. The summed E-state index contributed by atoms with van der Waals surface area (Å²) in [6, 6.07) is 1.45. The second-order valence-electron chi connectivity index (χ2n) is 2.49. The minimum absolute atomic E-state index is 0.260. The molecule has 12 heavy (non-hydrogen) atoms. The molecule has 1 atom stereocenters. The summed E-state index contributed by atoms with van der Waals surface area (Å²) in [4.78, 5) is 3.57. The van der Waals surface area contributed by atoms with Crippen LogP contribution in [0.25, 0.3) is 0 Å². The van der Waals surface area contributed by atoms with Crippen LogP contribution in [-0.2, 0) is 0 Å². The maximum Gasteiger partial charge on any atom is 0.147 e. The molecule has 0 saturated carbocycles. The summed E-state index contributed by atoms with van der Waals surface area (Å²) in [6.07, 6.45) is 2.06. The second kappa shape index (κ2) is 4.13. The Kier molecular flexibility index (Phi) is 3.13. The Labute approximate surface area is 70.0 Å². The van der Waals surface area contributed by atoms with Crippen molar-refractivity contribution in [3.05, 3.63) is 29.8 Å². The summed E-state index contributed by atoms with van der Waals surface area (Å²) < 4.78 is 12.9. The third kappa shape index (κ3) is 1.99. The van der Waals surface area contributed by atoms with E-state index in [4.69, 9.17) is 5.73 Å². The Morgan fingerprint density at radius 3 is 3.00 bits per heavy atom. The maximum atomic E-state index is 12.9. The van der Waals surface area contributed by atoms with Gasteiger partial charge in [-0.15, -0.1) is 0 Å². The van der Waals surface area contributed by atoms with Crippen LogP contribution in [0, 0.1) is 5.82 Å². The SMILES string of the molecule is NCC[C@@H](O)c1ccncc1F. The van der Waals surface area contributed by atoms with E-state index < -0.39 is 11.9 Å². The standard InChI is InChI=1S/C8H11FN2O/c9-7-5-11-4-2-6(7)8(12)1-3-10/h2,4-5,8,12H,1,3,10H2/t8-/m1/s1. The van der Waals surface area contributed by atoms with Crippen molar-refractivity contribution in [1.29, 1.82) is 0 Å². The lowest BCUT2D eigenvalue weighted by atomic mass is 10.1. The average Bonchev–Trinajstić information content (AvgIpc) is 2.05. The van der Waals surface area contributed by atoms with Crippen molar-refractivity contribution in [3.8, 4) is 0 Å². The smallest absolute Gasteiger partial charge is 0.147 e. The van der Waals surface area contributed by atoms with Crippen molar-refractivity contribution < 1.29 is 9.50 Å². The molecule has 0 aromatic carbocycles. The number of pyridine rings is 1. The lowest BCUT2D eigenvalue weighted by Gasteiger charge is -2.09. The van der Waals surface area contributed by atoms with E-state index >= 15 is 0 Å². The van der Waals surface area contributed by atoms with E-state index in [9.17, 15) is 9.50 Å². The van der Waals surface area contributed by atoms with Gasteiger partial charge in [0, 0.05) is 11.8 Å². The Morgan fingerprint density at radius 2 is 2.42 bits per heavy atom. The number of rotatable bonds is 3. The van der Waals surface area contributed by atoms with Gasteiger partial charge in [0.2, 0.25) is 0 Å². The summed E-state index contributed by atoms with van der Waals surface area (Å²) in [6.45, 7) is 0.336. The van der Waals surface area contributed by atoms with E-state index in [0.29, 0.717) is 13.0 Å². The number of hydrogen-bond donors (Lipinski definition) is 2. The summed E-state index contributed by atoms with van der Waals surface area (Å²) in [5, 5.41) is 9.35. The quantitative estimate of drug-likeness (QED) is 0.698. The molecule has 1 rings (SSSR count). The van der Waals surface area contributed by atoms with Crippen LogP contribution < -0.4 is 5.73 Å². The molecule has 0 radical (unpaired) electrons. The van der Waals surface area contributed by atoms with Gasteiger partial charge in [0.15, 0.2) is 0 Å². The molecule has 0 amide bonds. The van der Waals surface area contributed by atoms with Crippen molar-refractivity contribution in [2.24, 2.45) is 5.73 Å². The van der Waals surface area contributed by atoms with Crippen LogP contribution in [0.2, 0.25) is 0 Å². The van der Waals surface area contributed by atoms with Crippen molar-refractivity contribution in [2.75, 3.05) is 6.54 Å². The molecule has 0 fully saturated rings. The summed E-state index contributed by atoms with van der Waals surface area (Å²) in [5.74, 6) is -0.488. The molecule has 0 bridgehead atoms. The highest BCUT2D eigenvalue weighted by molar-refractivity contribution is 5.15. The third-order valence-electron chi connectivity index (χ3n) is 1.60. The molecule has 0 unspecified atom stereocenters. The summed E-state index contributed by atoms with van der Waals surface area (Å²) in [7, 11) is 0. The van der Waals surface area contributed by atoms with Crippen molar-refractivity contribution in [3.63, 3.8) is 0 Å². The zero-order valence-corrected chi connectivity index (χ0v) is 6.57. The third-order valence-corrected chi connectivity index (χ3v) is 1.60. The second-order valence-corrected chi connectivity index (χ2v) is 2.49. The largest absolute Gasteiger partial charge is 0.388 e. The molecule has 66 valence electrons. The van der Waals surface area contributed by atoms with Crippen LogP contribution in [0.4, 0.5) is 4.39 Å². The fourth-order valence-electron chi connectivity index (χ4n) is 0.970. The van der Waals surface area contributed by atoms with Crippen LogP contribution in [0.1, 0.15) is 18.1 Å². The van der Waals surface area contributed by atoms with Crippen molar-refractivity contribution >= 4 is 0 Å². The van der Waals surface area contributed by atoms with E-state index in [1.807, 2.05) is 0 Å². The van der Waals surface area contributed by atoms with Gasteiger partial charge in [-0.25, -0.2) is 4.39 Å². The number of aromatic nitrogens is 1. The molecule has 4 heteroatoms. The zero-order valence-electron chi connectivity index (χ0n) is 6.57. The van der Waals surface area contributed by atoms with E-state index in [1.165, 1.54) is 12.3 Å². The van der Waals surface area contributed by atoms with E-state index in [2.05, 4.69) is 4.98 Å². The van der Waals surface area contributed by atoms with E-state index in [1.54, 1.807) is 0 Å². The molecule has 1 heterocycles. The molecule has 3 N–H and O–H groups in total. The number of hydrogen-bond acceptors (Lipinski definition) is 3. The first-order chi connectivity index (χ1) is 5.75. The van der Waals surface area contributed by atoms with Crippen LogP contribution in [0.3, 0.4) is 0 Å². The zero-order chi connectivity index (χ0) is 8.97. The van der Waals surface area contributed by atoms with Crippen LogP contribution in [0.15, 0.2) is 18.5 Å². The number of aliphatic hydroxyl groups excluding tert-OH is 1. The minimum Gasteiger partial charge on any atom is -0.388 e. The summed E-state index contributed by atoms with van der Waals surface area (Å²) in [5.41, 5.74) is 5.48. The maximum absolute atomic E-state index is 12.9. The molecular formula is C8H11FN2O. The van der Waals surface area contributed by atoms with Gasteiger partial charge in [0.25, 0.3) is 0 Å². The minimum atomic E-state index is -0.821. The molecule has 0 aliphatic carbocycles. The fourth-order valence-corrected chi connectivity index (χ4v) is 0.970. The molecule has 3 nitrogen and oxygen atoms in total. The van der Waals surface area contributed by atoms with Crippen molar-refractivity contribution in [1.82, 2.24) is 4.98 Å². The first kappa shape index (κ1) is 9.09. The monoisotopic (exact) mass is 170 g/mol. The lowest BCUT2D eigenvalue weighted by molar-refractivity contribution is 0.165. The molecule has 1 aromatic heterocycles. The number of nitrogens with zero attached hydrogens (tertiary/aromatic N) is 1. The molecular weight excluding hydrogens is 159 g/mol. The Hall–Kier alpha value is -1.00. The van der Waals surface area contributed by atoms with Crippen molar-refractivity contribution in [2.45, 2.75) is 12.5 Å². The van der Waals surface area contributed by atoms with Crippen LogP contribution in [0.5, 0.6) is 0 Å². The summed E-state index contributed by atoms with van der Waals surface area (Å²) >= 11 is 0. The fraction of sp³-hybridized carbons (Fsp3) is 0.375. The van der Waals surface area contributed by atoms with Gasteiger partial charge in [-0.05, 0) is 19.0 Å². The number of nitrogens with two attached hydrogens (primary N) is 1. The van der Waals surface area contributed by atoms with Gasteiger partial charge in [0.05, 0.1) is 12.3 Å². The topological polar surface area (TPSA) is 59.1 Å². The van der Waals surface area contributed by atoms with E-state index in [0.717, 1.165) is 6.20 Å². The average molecular weight is 170 g/mol. The highest BCUT2D eigenvalue weighted by Crippen LogP contribution is 2.17.